The van der Waals surface area contributed by atoms with Crippen LogP contribution in [0.15, 0.2) is 12.3 Å². The van der Waals surface area contributed by atoms with Crippen LogP contribution in [0, 0.1) is 0 Å². The van der Waals surface area contributed by atoms with Crippen LogP contribution in [-0.2, 0) is 0 Å². The summed E-state index contributed by atoms with van der Waals surface area (Å²) in [6.07, 6.45) is 4.69. The predicted octanol–water partition coefficient (Wildman–Crippen LogP) is 1.50. The fraction of sp³-hybridized carbons (Fsp3) is 0.500. The Kier molecular flexibility index (Phi) is 4.56. The standard InChI is InChI=1S/C6H11NS/c1-3-6(8)4-5-7-2/h4-5,7H,3H2,1-2H3/b5-4-. The highest BCUT2D eigenvalue weighted by Crippen LogP contribution is 1.84. The van der Waals surface area contributed by atoms with Crippen molar-refractivity contribution >= 4 is 17.1 Å². The van der Waals surface area contributed by atoms with Crippen LogP contribution >= 0.6 is 12.2 Å². The molecule has 0 fully saturated rings. The average molecular weight is 129 g/mol. The topological polar surface area (TPSA) is 12.0 Å². The maximum absolute atomic E-state index is 4.89. The van der Waals surface area contributed by atoms with E-state index in [0.717, 1.165) is 11.3 Å². The Balaban J connectivity index is 3.37. The summed E-state index contributed by atoms with van der Waals surface area (Å²) in [7, 11) is 1.86. The fourth-order valence-electron chi connectivity index (χ4n) is 0.294. The molecule has 0 saturated carbocycles. The van der Waals surface area contributed by atoms with Crippen LogP contribution in [0.2, 0.25) is 0 Å². The second-order valence-electron chi connectivity index (χ2n) is 1.44. The van der Waals surface area contributed by atoms with Crippen molar-refractivity contribution in [1.82, 2.24) is 5.32 Å². The average Bonchev–Trinajstić information content (AvgIpc) is 1.83. The summed E-state index contributed by atoms with van der Waals surface area (Å²) >= 11 is 4.89. The van der Waals surface area contributed by atoms with E-state index in [1.165, 1.54) is 0 Å². The number of hydrogen-bond donors (Lipinski definition) is 1. The zero-order chi connectivity index (χ0) is 6.41. The highest BCUT2D eigenvalue weighted by Gasteiger charge is 1.79. The minimum Gasteiger partial charge on any atom is -0.394 e. The molecule has 46 valence electrons. The maximum atomic E-state index is 4.89. The first-order valence-electron chi connectivity index (χ1n) is 2.68. The van der Waals surface area contributed by atoms with Gasteiger partial charge in [0.05, 0.1) is 0 Å². The largest absolute Gasteiger partial charge is 0.394 e. The van der Waals surface area contributed by atoms with Gasteiger partial charge in [-0.25, -0.2) is 0 Å². The van der Waals surface area contributed by atoms with Crippen molar-refractivity contribution in [1.29, 1.82) is 0 Å². The molecule has 0 aromatic rings. The van der Waals surface area contributed by atoms with E-state index >= 15 is 0 Å². The van der Waals surface area contributed by atoms with Crippen molar-refractivity contribution in [3.05, 3.63) is 12.3 Å². The molecule has 0 atom stereocenters. The molecule has 0 rings (SSSR count). The number of nitrogens with one attached hydrogen (secondary N) is 1. The lowest BCUT2D eigenvalue weighted by Gasteiger charge is -1.87. The number of rotatable bonds is 3. The summed E-state index contributed by atoms with van der Waals surface area (Å²) in [5.41, 5.74) is 0. The van der Waals surface area contributed by atoms with Gasteiger partial charge in [-0.05, 0) is 18.7 Å². The highest BCUT2D eigenvalue weighted by molar-refractivity contribution is 7.80. The second kappa shape index (κ2) is 4.78. The van der Waals surface area contributed by atoms with Crippen LogP contribution < -0.4 is 5.32 Å². The minimum atomic E-state index is 0.952. The Morgan fingerprint density at radius 2 is 2.38 bits per heavy atom. The highest BCUT2D eigenvalue weighted by atomic mass is 32.1. The van der Waals surface area contributed by atoms with Crippen LogP contribution in [-0.4, -0.2) is 11.9 Å². The van der Waals surface area contributed by atoms with E-state index in [1.54, 1.807) is 0 Å². The first kappa shape index (κ1) is 7.63. The van der Waals surface area contributed by atoms with Gasteiger partial charge in [0.1, 0.15) is 0 Å². The third kappa shape index (κ3) is 3.81. The first-order valence-corrected chi connectivity index (χ1v) is 3.08. The summed E-state index contributed by atoms with van der Waals surface area (Å²) in [6, 6.07) is 0. The normalized spacial score (nSPS) is 9.75. The van der Waals surface area contributed by atoms with Crippen LogP contribution in [0.4, 0.5) is 0 Å². The quantitative estimate of drug-likeness (QED) is 0.458. The zero-order valence-electron chi connectivity index (χ0n) is 5.27. The van der Waals surface area contributed by atoms with Gasteiger partial charge in [-0.2, -0.15) is 0 Å². The van der Waals surface area contributed by atoms with E-state index in [9.17, 15) is 0 Å². The molecule has 0 saturated heterocycles. The Hall–Kier alpha value is -0.370. The molecule has 0 bridgehead atoms. The van der Waals surface area contributed by atoms with Gasteiger partial charge in [0, 0.05) is 11.9 Å². The number of hydrogen-bond acceptors (Lipinski definition) is 2. The monoisotopic (exact) mass is 129 g/mol. The molecule has 0 aromatic carbocycles. The van der Waals surface area contributed by atoms with Gasteiger partial charge < -0.3 is 5.32 Å². The molecule has 0 aliphatic heterocycles. The van der Waals surface area contributed by atoms with E-state index in [2.05, 4.69) is 5.32 Å². The number of thiocarbonyl (C=S) groups is 1. The second-order valence-corrected chi connectivity index (χ2v) is 1.97. The van der Waals surface area contributed by atoms with Gasteiger partial charge >= 0.3 is 0 Å². The molecule has 1 nitrogen and oxygen atoms in total. The lowest BCUT2D eigenvalue weighted by molar-refractivity contribution is 1.10. The van der Waals surface area contributed by atoms with Gasteiger partial charge in [0.2, 0.25) is 0 Å². The van der Waals surface area contributed by atoms with Crippen LogP contribution in [0.1, 0.15) is 13.3 Å². The molecular formula is C6H11NS. The molecule has 1 N–H and O–H groups in total. The van der Waals surface area contributed by atoms with Crippen molar-refractivity contribution in [2.45, 2.75) is 13.3 Å². The maximum Gasteiger partial charge on any atom is 0.0163 e. The fourth-order valence-corrected chi connectivity index (χ4v) is 0.362. The van der Waals surface area contributed by atoms with Crippen molar-refractivity contribution in [3.63, 3.8) is 0 Å². The van der Waals surface area contributed by atoms with Crippen molar-refractivity contribution in [2.24, 2.45) is 0 Å². The Labute approximate surface area is 55.8 Å². The minimum absolute atomic E-state index is 0.952. The van der Waals surface area contributed by atoms with E-state index in [1.807, 2.05) is 26.2 Å². The molecule has 0 unspecified atom stereocenters. The zero-order valence-corrected chi connectivity index (χ0v) is 6.09. The summed E-state index contributed by atoms with van der Waals surface area (Å²) in [5.74, 6) is 0. The Bertz CT molecular complexity index is 96.7. The van der Waals surface area contributed by atoms with Gasteiger partial charge in [-0.1, -0.05) is 19.1 Å². The van der Waals surface area contributed by atoms with Crippen LogP contribution in [0.25, 0.3) is 0 Å². The van der Waals surface area contributed by atoms with Gasteiger partial charge in [0.15, 0.2) is 0 Å². The lowest BCUT2D eigenvalue weighted by atomic mass is 10.3. The number of allylic oxidation sites excluding steroid dienone is 1. The molecule has 8 heavy (non-hydrogen) atoms. The molecule has 0 aromatic heterocycles. The van der Waals surface area contributed by atoms with Crippen LogP contribution in [0.3, 0.4) is 0 Å². The molecular weight excluding hydrogens is 118 g/mol. The third-order valence-electron chi connectivity index (χ3n) is 0.784. The summed E-state index contributed by atoms with van der Waals surface area (Å²) < 4.78 is 0. The smallest absolute Gasteiger partial charge is 0.0163 e. The molecule has 2 heteroatoms. The molecule has 0 aliphatic carbocycles. The van der Waals surface area contributed by atoms with Gasteiger partial charge in [0.25, 0.3) is 0 Å². The van der Waals surface area contributed by atoms with Crippen molar-refractivity contribution in [3.8, 4) is 0 Å². The first-order chi connectivity index (χ1) is 3.81. The van der Waals surface area contributed by atoms with E-state index in [0.29, 0.717) is 0 Å². The predicted molar refractivity (Wildman–Crippen MR) is 41.1 cm³/mol. The Morgan fingerprint density at radius 1 is 1.75 bits per heavy atom. The lowest BCUT2D eigenvalue weighted by Crippen LogP contribution is -1.94. The van der Waals surface area contributed by atoms with E-state index < -0.39 is 0 Å². The third-order valence-corrected chi connectivity index (χ3v) is 1.21. The van der Waals surface area contributed by atoms with Gasteiger partial charge in [-0.15, -0.1) is 0 Å². The van der Waals surface area contributed by atoms with E-state index in [4.69, 9.17) is 12.2 Å². The SMILES string of the molecule is CCC(=S)/C=C\NC. The van der Waals surface area contributed by atoms with Gasteiger partial charge in [-0.3, -0.25) is 0 Å². The summed E-state index contributed by atoms with van der Waals surface area (Å²) in [4.78, 5) is 0.986. The van der Waals surface area contributed by atoms with Crippen LogP contribution in [0.5, 0.6) is 0 Å². The Morgan fingerprint density at radius 3 is 2.75 bits per heavy atom. The van der Waals surface area contributed by atoms with E-state index in [-0.39, 0.29) is 0 Å². The summed E-state index contributed by atoms with van der Waals surface area (Å²) in [5, 5.41) is 2.86. The molecule has 0 aliphatic rings. The molecule has 0 heterocycles. The van der Waals surface area contributed by atoms with Crippen molar-refractivity contribution in [2.75, 3.05) is 7.05 Å². The molecule has 0 spiro atoms. The van der Waals surface area contributed by atoms with Crippen molar-refractivity contribution < 1.29 is 0 Å². The molecule has 0 amide bonds. The summed E-state index contributed by atoms with van der Waals surface area (Å²) in [6.45, 7) is 2.04. The molecule has 0 radical (unpaired) electrons.